The van der Waals surface area contributed by atoms with Gasteiger partial charge in [0.05, 0.1) is 21.8 Å². The average molecular weight is 613 g/mol. The molecular formula is C31H26BrN5O2S. The van der Waals surface area contributed by atoms with Gasteiger partial charge in [-0.1, -0.05) is 74.6 Å². The van der Waals surface area contributed by atoms with Crippen molar-refractivity contribution in [1.29, 1.82) is 0 Å². The topological polar surface area (TPSA) is 74.3 Å². The van der Waals surface area contributed by atoms with Crippen molar-refractivity contribution in [1.82, 2.24) is 24.4 Å². The fourth-order valence-corrected chi connectivity index (χ4v) is 5.90. The van der Waals surface area contributed by atoms with Gasteiger partial charge in [0.15, 0.2) is 5.82 Å². The number of aromatic nitrogens is 5. The molecule has 6 aromatic rings. The molecule has 3 heterocycles. The number of para-hydroxylation sites is 1. The van der Waals surface area contributed by atoms with E-state index in [1.807, 2.05) is 77.6 Å². The summed E-state index contributed by atoms with van der Waals surface area (Å²) in [7, 11) is 1.63. The number of methoxy groups -OCH3 is 1. The summed E-state index contributed by atoms with van der Waals surface area (Å²) in [6.45, 7) is 6.53. The Kier molecular flexibility index (Phi) is 6.64. The normalized spacial score (nSPS) is 12.4. The van der Waals surface area contributed by atoms with Gasteiger partial charge in [-0.05, 0) is 63.3 Å². The lowest BCUT2D eigenvalue weighted by atomic mass is 9.87. The Morgan fingerprint density at radius 2 is 1.68 bits per heavy atom. The minimum atomic E-state index is -0.209. The van der Waals surface area contributed by atoms with Crippen molar-refractivity contribution in [2.75, 3.05) is 7.11 Å². The Bertz CT molecular complexity index is 1950. The largest absolute Gasteiger partial charge is 0.496 e. The molecule has 3 aromatic heterocycles. The Labute approximate surface area is 243 Å². The zero-order valence-electron chi connectivity index (χ0n) is 22.4. The highest BCUT2D eigenvalue weighted by Gasteiger charge is 2.17. The van der Waals surface area contributed by atoms with Crippen molar-refractivity contribution in [3.63, 3.8) is 0 Å². The van der Waals surface area contributed by atoms with E-state index in [1.165, 1.54) is 21.4 Å². The number of ether oxygens (including phenoxy) is 1. The molecule has 0 saturated heterocycles. The van der Waals surface area contributed by atoms with Crippen molar-refractivity contribution in [3.05, 3.63) is 109 Å². The first-order valence-electron chi connectivity index (χ1n) is 12.7. The number of nitrogens with zero attached hydrogens (tertiary/aromatic N) is 5. The Hall–Kier alpha value is -4.08. The molecule has 0 aliphatic carbocycles. The van der Waals surface area contributed by atoms with Crippen LogP contribution in [0.1, 0.15) is 31.9 Å². The molecule has 0 radical (unpaired) electrons. The van der Waals surface area contributed by atoms with Crippen LogP contribution in [0.2, 0.25) is 0 Å². The maximum Gasteiger partial charge on any atom is 0.291 e. The van der Waals surface area contributed by atoms with E-state index in [0.29, 0.717) is 15.3 Å². The zero-order valence-corrected chi connectivity index (χ0v) is 24.8. The lowest BCUT2D eigenvalue weighted by Gasteiger charge is -2.18. The third-order valence-electron chi connectivity index (χ3n) is 6.67. The van der Waals surface area contributed by atoms with Crippen LogP contribution in [0, 0.1) is 0 Å². The van der Waals surface area contributed by atoms with E-state index in [1.54, 1.807) is 7.11 Å². The van der Waals surface area contributed by atoms with E-state index in [0.717, 1.165) is 38.3 Å². The van der Waals surface area contributed by atoms with Crippen LogP contribution in [0.4, 0.5) is 0 Å². The summed E-state index contributed by atoms with van der Waals surface area (Å²) < 4.78 is 9.96. The number of fused-ring (bicyclic) bond motifs is 1. The summed E-state index contributed by atoms with van der Waals surface area (Å²) in [6.07, 6.45) is 3.79. The molecule has 3 aromatic carbocycles. The van der Waals surface area contributed by atoms with Gasteiger partial charge in [0.1, 0.15) is 11.4 Å². The van der Waals surface area contributed by atoms with Crippen LogP contribution in [0.15, 0.2) is 88.3 Å². The Morgan fingerprint density at radius 1 is 0.950 bits per heavy atom. The second-order valence-electron chi connectivity index (χ2n) is 10.4. The number of hydrogen-bond donors (Lipinski definition) is 0. The third kappa shape index (κ3) is 4.87. The molecule has 0 amide bonds. The first-order chi connectivity index (χ1) is 19.2. The minimum absolute atomic E-state index is 0.0580. The zero-order chi connectivity index (χ0) is 28.0. The summed E-state index contributed by atoms with van der Waals surface area (Å²) >= 11 is 4.89. The molecule has 0 atom stereocenters. The first-order valence-corrected chi connectivity index (χ1v) is 14.3. The molecular weight excluding hydrogens is 586 g/mol. The van der Waals surface area contributed by atoms with E-state index in [-0.39, 0.29) is 11.0 Å². The number of thiazole rings is 1. The van der Waals surface area contributed by atoms with E-state index in [2.05, 4.69) is 58.9 Å². The van der Waals surface area contributed by atoms with E-state index in [4.69, 9.17) is 9.84 Å². The van der Waals surface area contributed by atoms with E-state index < -0.39 is 0 Å². The van der Waals surface area contributed by atoms with Crippen LogP contribution >= 0.6 is 27.3 Å². The fraction of sp³-hybridized carbons (Fsp3) is 0.161. The quantitative estimate of drug-likeness (QED) is 0.229. The van der Waals surface area contributed by atoms with Gasteiger partial charge in [-0.15, -0.1) is 5.10 Å². The number of halogens is 1. The summed E-state index contributed by atoms with van der Waals surface area (Å²) in [6, 6.07) is 23.9. The van der Waals surface area contributed by atoms with Crippen LogP contribution in [0.25, 0.3) is 39.4 Å². The van der Waals surface area contributed by atoms with Crippen LogP contribution in [0.3, 0.4) is 0 Å². The van der Waals surface area contributed by atoms with E-state index in [9.17, 15) is 4.79 Å². The van der Waals surface area contributed by atoms with Gasteiger partial charge in [0.25, 0.3) is 5.56 Å². The average Bonchev–Trinajstić information content (AvgIpc) is 3.64. The van der Waals surface area contributed by atoms with Crippen molar-refractivity contribution >= 4 is 38.3 Å². The summed E-state index contributed by atoms with van der Waals surface area (Å²) in [5.74, 6) is 1.27. The van der Waals surface area contributed by atoms with Gasteiger partial charge in [0, 0.05) is 22.9 Å². The molecule has 0 saturated carbocycles. The Balaban J connectivity index is 1.44. The molecule has 0 aliphatic heterocycles. The summed E-state index contributed by atoms with van der Waals surface area (Å²) in [5.41, 5.74) is 5.32. The Morgan fingerprint density at radius 3 is 2.33 bits per heavy atom. The molecule has 0 N–H and O–H groups in total. The standard InChI is InChI=1S/C31H26BrN5O2S/c1-31(2,3)22-13-10-19(11-14-22)28-33-30-37(35-28)29(38)26(40-30)17-21-18-36(23-8-6-5-7-9-23)34-27(21)20-12-15-25(39-4)24(32)16-20/h5-18H,1-4H3. The SMILES string of the molecule is COc1ccc(-c2nn(-c3ccccc3)cc2C=c2sc3nc(-c4ccc(C(C)(C)C)cc4)nn3c2=O)cc1Br. The van der Waals surface area contributed by atoms with Crippen LogP contribution < -0.4 is 14.8 Å². The monoisotopic (exact) mass is 611 g/mol. The van der Waals surface area contributed by atoms with Crippen molar-refractivity contribution < 1.29 is 4.74 Å². The van der Waals surface area contributed by atoms with Crippen molar-refractivity contribution in [3.8, 4) is 34.1 Å². The maximum absolute atomic E-state index is 13.4. The minimum Gasteiger partial charge on any atom is -0.496 e. The molecule has 9 heteroatoms. The highest BCUT2D eigenvalue weighted by atomic mass is 79.9. The van der Waals surface area contributed by atoms with Gasteiger partial charge < -0.3 is 4.74 Å². The predicted molar refractivity (Wildman–Crippen MR) is 163 cm³/mol. The molecule has 0 aliphatic rings. The second kappa shape index (κ2) is 10.1. The highest BCUT2D eigenvalue weighted by molar-refractivity contribution is 9.10. The van der Waals surface area contributed by atoms with Crippen molar-refractivity contribution in [2.24, 2.45) is 0 Å². The van der Waals surface area contributed by atoms with E-state index >= 15 is 0 Å². The molecule has 0 bridgehead atoms. The second-order valence-corrected chi connectivity index (χ2v) is 12.3. The van der Waals surface area contributed by atoms with Gasteiger partial charge in [-0.3, -0.25) is 4.79 Å². The maximum atomic E-state index is 13.4. The lowest BCUT2D eigenvalue weighted by Crippen LogP contribution is -2.23. The molecule has 0 fully saturated rings. The van der Waals surface area contributed by atoms with Gasteiger partial charge in [-0.2, -0.15) is 14.6 Å². The molecule has 0 spiro atoms. The number of rotatable bonds is 5. The van der Waals surface area contributed by atoms with Gasteiger partial charge in [0.2, 0.25) is 4.96 Å². The fourth-order valence-electron chi connectivity index (χ4n) is 4.46. The van der Waals surface area contributed by atoms with Gasteiger partial charge in [-0.25, -0.2) is 4.68 Å². The van der Waals surface area contributed by atoms with Crippen molar-refractivity contribution in [2.45, 2.75) is 26.2 Å². The molecule has 6 rings (SSSR count). The van der Waals surface area contributed by atoms with Crippen LogP contribution in [-0.2, 0) is 5.41 Å². The van der Waals surface area contributed by atoms with Crippen LogP contribution in [-0.4, -0.2) is 31.5 Å². The first kappa shape index (κ1) is 26.2. The molecule has 0 unspecified atom stereocenters. The smallest absolute Gasteiger partial charge is 0.291 e. The molecule has 40 heavy (non-hydrogen) atoms. The predicted octanol–water partition coefficient (Wildman–Crippen LogP) is 6.29. The molecule has 200 valence electrons. The lowest BCUT2D eigenvalue weighted by molar-refractivity contribution is 0.412. The summed E-state index contributed by atoms with van der Waals surface area (Å²) in [5, 5.41) is 9.42. The highest BCUT2D eigenvalue weighted by Crippen LogP contribution is 2.32. The molecule has 7 nitrogen and oxygen atoms in total. The number of hydrogen-bond acceptors (Lipinski definition) is 6. The summed E-state index contributed by atoms with van der Waals surface area (Å²) in [4.78, 5) is 18.6. The van der Waals surface area contributed by atoms with Gasteiger partial charge >= 0.3 is 0 Å². The third-order valence-corrected chi connectivity index (χ3v) is 8.24. The number of benzene rings is 3. The van der Waals surface area contributed by atoms with Crippen LogP contribution in [0.5, 0.6) is 5.75 Å².